The first-order valence-electron chi connectivity index (χ1n) is 14.5. The van der Waals surface area contributed by atoms with E-state index >= 15 is 0 Å². The fraction of sp³-hybridized carbons (Fsp3) is 0.219. The number of pyridine rings is 1. The second-order valence-corrected chi connectivity index (χ2v) is 11.5. The summed E-state index contributed by atoms with van der Waals surface area (Å²) in [7, 11) is 0. The third-order valence-corrected chi connectivity index (χ3v) is 8.86. The van der Waals surface area contributed by atoms with E-state index in [1.54, 1.807) is 36.5 Å². The summed E-state index contributed by atoms with van der Waals surface area (Å²) in [6.45, 7) is -0.606. The average Bonchev–Trinajstić information content (AvgIpc) is 3.66. The quantitative estimate of drug-likeness (QED) is 0.129. The van der Waals surface area contributed by atoms with Crippen LogP contribution in [-0.2, 0) is 11.3 Å². The molecule has 0 radical (unpaired) electrons. The van der Waals surface area contributed by atoms with Gasteiger partial charge in [0.2, 0.25) is 0 Å². The highest BCUT2D eigenvalue weighted by Gasteiger charge is 2.47. The number of phenolic OH excluding ortho intramolecular Hbond substituents is 2. The number of hydrogen-bond acceptors (Lipinski definition) is 11. The fourth-order valence-corrected chi connectivity index (χ4v) is 6.78. The number of ether oxygens (including phenoxy) is 1. The summed E-state index contributed by atoms with van der Waals surface area (Å²) in [6.07, 6.45) is -6.16. The number of aliphatic hydroxyl groups is 4. The van der Waals surface area contributed by atoms with Crippen molar-refractivity contribution >= 4 is 55.4 Å². The average molecular weight is 626 g/mol. The maximum atomic E-state index is 14.3. The number of aromatic amines is 1. The topological polar surface area (TPSA) is 214 Å². The Balaban J connectivity index is 1.47. The van der Waals surface area contributed by atoms with E-state index in [-0.39, 0.29) is 40.2 Å². The molecule has 2 amide bonds. The normalized spacial score (nSPS) is 23.4. The van der Waals surface area contributed by atoms with Crippen molar-refractivity contribution in [3.05, 3.63) is 77.6 Å². The summed E-state index contributed by atoms with van der Waals surface area (Å²) in [6, 6.07) is 14.2. The SMILES string of the molecule is O=C1c2c(c3c4ccc(O)cc4n(C4O[C@@H](CO)[C@H](O)[C@@H](O)[C@@H]4O)c3c3[nH]c4cc(O)ccc4c23)C(=O)N1NCc1ccccn1. The highest BCUT2D eigenvalue weighted by Crippen LogP contribution is 2.47. The van der Waals surface area contributed by atoms with Crippen molar-refractivity contribution in [1.82, 2.24) is 25.0 Å². The van der Waals surface area contributed by atoms with Crippen LogP contribution in [0.3, 0.4) is 0 Å². The zero-order chi connectivity index (χ0) is 32.0. The Kier molecular flexibility index (Phi) is 6.30. The van der Waals surface area contributed by atoms with Crippen LogP contribution in [-0.4, -0.2) is 93.0 Å². The van der Waals surface area contributed by atoms with E-state index in [0.717, 1.165) is 5.01 Å². The first-order chi connectivity index (χ1) is 22.2. The number of nitrogens with zero attached hydrogens (tertiary/aromatic N) is 3. The second kappa shape index (κ2) is 10.2. The molecule has 0 saturated carbocycles. The van der Waals surface area contributed by atoms with Crippen LogP contribution in [0.1, 0.15) is 32.6 Å². The lowest BCUT2D eigenvalue weighted by atomic mass is 9.96. The van der Waals surface area contributed by atoms with E-state index in [4.69, 9.17) is 4.74 Å². The highest BCUT2D eigenvalue weighted by molar-refractivity contribution is 6.39. The van der Waals surface area contributed by atoms with Crippen molar-refractivity contribution in [3.8, 4) is 11.5 Å². The standard InChI is InChI=1S/C32H27N5O9/c38-12-20-27(41)28(42)29(43)32(46-20)36-19-10-15(40)5-7-17(19)22-24-23(21-16-6-4-14(39)9-18(16)35-25(21)26(22)36)30(44)37(31(24)45)34-11-13-3-1-2-8-33-13/h1-10,20,27-29,32,34-35,38-43H,11-12H2/t20-,27-,28+,29-,32?/m0/s1. The Hall–Kier alpha value is -5.09. The van der Waals surface area contributed by atoms with Gasteiger partial charge in [0.05, 0.1) is 52.0 Å². The van der Waals surface area contributed by atoms with Gasteiger partial charge in [0.15, 0.2) is 6.23 Å². The summed E-state index contributed by atoms with van der Waals surface area (Å²) in [5.41, 5.74) is 4.98. The van der Waals surface area contributed by atoms with Gasteiger partial charge in [-0.15, -0.1) is 0 Å². The van der Waals surface area contributed by atoms with Gasteiger partial charge in [0.25, 0.3) is 11.8 Å². The van der Waals surface area contributed by atoms with Gasteiger partial charge in [-0.3, -0.25) is 14.6 Å². The first kappa shape index (κ1) is 28.4. The molecule has 2 aliphatic heterocycles. The summed E-state index contributed by atoms with van der Waals surface area (Å²) >= 11 is 0. The third-order valence-electron chi connectivity index (χ3n) is 8.86. The summed E-state index contributed by atoms with van der Waals surface area (Å²) in [5, 5.41) is 65.8. The molecule has 5 heterocycles. The lowest BCUT2D eigenvalue weighted by molar-refractivity contribution is -0.249. The molecule has 6 aromatic rings. The summed E-state index contributed by atoms with van der Waals surface area (Å²) in [5.74, 6) is -1.48. The molecule has 14 nitrogen and oxygen atoms in total. The van der Waals surface area contributed by atoms with Crippen molar-refractivity contribution in [2.24, 2.45) is 0 Å². The van der Waals surface area contributed by atoms with Gasteiger partial charge in [-0.05, 0) is 36.4 Å². The van der Waals surface area contributed by atoms with Crippen LogP contribution in [0.4, 0.5) is 0 Å². The lowest BCUT2D eigenvalue weighted by Gasteiger charge is -2.41. The molecule has 46 heavy (non-hydrogen) atoms. The van der Waals surface area contributed by atoms with Gasteiger partial charge < -0.3 is 44.9 Å². The molecule has 0 bridgehead atoms. The number of fused-ring (bicyclic) bond motifs is 10. The number of benzene rings is 3. The Morgan fingerprint density at radius 3 is 2.30 bits per heavy atom. The first-order valence-corrected chi connectivity index (χ1v) is 14.5. The molecular formula is C32H27N5O9. The number of aromatic nitrogens is 3. The van der Waals surface area contributed by atoms with Gasteiger partial charge >= 0.3 is 0 Å². The molecule has 2 aliphatic rings. The van der Waals surface area contributed by atoms with Crippen LogP contribution in [0.5, 0.6) is 11.5 Å². The molecule has 1 fully saturated rings. The molecule has 234 valence electrons. The molecule has 0 aliphatic carbocycles. The second-order valence-electron chi connectivity index (χ2n) is 11.5. The Labute approximate surface area is 258 Å². The Bertz CT molecular complexity index is 2230. The maximum absolute atomic E-state index is 14.3. The zero-order valence-electron chi connectivity index (χ0n) is 23.8. The van der Waals surface area contributed by atoms with Crippen LogP contribution in [0.2, 0.25) is 0 Å². The molecular weight excluding hydrogens is 598 g/mol. The molecule has 14 heteroatoms. The van der Waals surface area contributed by atoms with Crippen LogP contribution >= 0.6 is 0 Å². The fourth-order valence-electron chi connectivity index (χ4n) is 6.78. The number of hydrazine groups is 1. The molecule has 1 saturated heterocycles. The van der Waals surface area contributed by atoms with Crippen LogP contribution in [0.25, 0.3) is 43.6 Å². The number of phenols is 2. The van der Waals surface area contributed by atoms with E-state index in [0.29, 0.717) is 38.3 Å². The molecule has 0 spiro atoms. The highest BCUT2D eigenvalue weighted by atomic mass is 16.6. The molecule has 3 aromatic heterocycles. The number of rotatable bonds is 5. The lowest BCUT2D eigenvalue weighted by Crippen LogP contribution is -2.56. The van der Waals surface area contributed by atoms with Crippen molar-refractivity contribution in [3.63, 3.8) is 0 Å². The number of carbonyl (C=O) groups excluding carboxylic acids is 2. The number of amides is 2. The van der Waals surface area contributed by atoms with Crippen molar-refractivity contribution < 1.29 is 45.0 Å². The van der Waals surface area contributed by atoms with Crippen LogP contribution in [0.15, 0.2) is 60.8 Å². The Morgan fingerprint density at radius 2 is 1.59 bits per heavy atom. The number of hydrogen-bond donors (Lipinski definition) is 8. The van der Waals surface area contributed by atoms with E-state index in [2.05, 4.69) is 15.4 Å². The molecule has 8 rings (SSSR count). The smallest absolute Gasteiger partial charge is 0.276 e. The number of aliphatic hydroxyl groups excluding tert-OH is 4. The number of aromatic hydroxyl groups is 2. The maximum Gasteiger partial charge on any atom is 0.276 e. The third kappa shape index (κ3) is 3.89. The number of nitrogens with one attached hydrogen (secondary N) is 2. The molecule has 8 N–H and O–H groups in total. The number of H-pyrrole nitrogens is 1. The zero-order valence-corrected chi connectivity index (χ0v) is 23.8. The van der Waals surface area contributed by atoms with Gasteiger partial charge in [0.1, 0.15) is 35.9 Å². The van der Waals surface area contributed by atoms with Gasteiger partial charge in [-0.1, -0.05) is 6.07 Å². The molecule has 1 unspecified atom stereocenters. The summed E-state index contributed by atoms with van der Waals surface area (Å²) in [4.78, 5) is 36.0. The number of carbonyl (C=O) groups is 2. The minimum atomic E-state index is -1.72. The van der Waals surface area contributed by atoms with E-state index < -0.39 is 49.1 Å². The van der Waals surface area contributed by atoms with Gasteiger partial charge in [0, 0.05) is 39.9 Å². The minimum Gasteiger partial charge on any atom is -0.508 e. The summed E-state index contributed by atoms with van der Waals surface area (Å²) < 4.78 is 7.46. The van der Waals surface area contributed by atoms with Crippen molar-refractivity contribution in [1.29, 1.82) is 0 Å². The Morgan fingerprint density at radius 1 is 0.870 bits per heavy atom. The van der Waals surface area contributed by atoms with Gasteiger partial charge in [-0.2, -0.15) is 0 Å². The largest absolute Gasteiger partial charge is 0.508 e. The predicted molar refractivity (Wildman–Crippen MR) is 163 cm³/mol. The monoisotopic (exact) mass is 625 g/mol. The minimum absolute atomic E-state index is 0.0487. The van der Waals surface area contributed by atoms with Crippen molar-refractivity contribution in [2.45, 2.75) is 37.2 Å². The van der Waals surface area contributed by atoms with Crippen LogP contribution in [0, 0.1) is 0 Å². The van der Waals surface area contributed by atoms with Gasteiger partial charge in [-0.25, -0.2) is 10.4 Å². The number of imide groups is 1. The van der Waals surface area contributed by atoms with E-state index in [1.165, 1.54) is 28.8 Å². The predicted octanol–water partition coefficient (Wildman–Crippen LogP) is 1.51. The van der Waals surface area contributed by atoms with E-state index in [9.17, 15) is 40.2 Å². The van der Waals surface area contributed by atoms with Crippen molar-refractivity contribution in [2.75, 3.05) is 6.61 Å². The molecule has 5 atom stereocenters. The van der Waals surface area contributed by atoms with E-state index in [1.807, 2.05) is 0 Å². The molecule has 3 aromatic carbocycles. The van der Waals surface area contributed by atoms with Crippen LogP contribution < -0.4 is 5.43 Å².